The van der Waals surface area contributed by atoms with Gasteiger partial charge in [-0.2, -0.15) is 0 Å². The number of carboxylic acids is 1. The Morgan fingerprint density at radius 2 is 1.44 bits per heavy atom. The Kier molecular flexibility index (Phi) is 11.5. The van der Waals surface area contributed by atoms with Gasteiger partial charge in [-0.15, -0.1) is 0 Å². The van der Waals surface area contributed by atoms with Crippen LogP contribution in [-0.4, -0.2) is 59.7 Å². The molecule has 1 fully saturated rings. The zero-order valence-corrected chi connectivity index (χ0v) is 18.0. The molecule has 1 heterocycles. The summed E-state index contributed by atoms with van der Waals surface area (Å²) < 4.78 is 6.38. The van der Waals surface area contributed by atoms with Crippen LogP contribution in [-0.2, 0) is 9.53 Å². The molecule has 1 aliphatic heterocycles. The largest absolute Gasteiger partial charge is 0.481 e. The van der Waals surface area contributed by atoms with Crippen molar-refractivity contribution in [2.24, 2.45) is 0 Å². The summed E-state index contributed by atoms with van der Waals surface area (Å²) in [5, 5.41) is 19.8. The molecule has 0 aromatic heterocycles. The van der Waals surface area contributed by atoms with Crippen molar-refractivity contribution < 1.29 is 24.2 Å². The molecule has 0 aromatic carbocycles. The Morgan fingerprint density at radius 3 is 1.93 bits per heavy atom. The highest BCUT2D eigenvalue weighted by atomic mass is 16.6. The number of hydrogen-bond donors (Lipinski definition) is 2. The topological polar surface area (TPSA) is 66.8 Å². The van der Waals surface area contributed by atoms with Crippen LogP contribution >= 0.6 is 0 Å². The number of unbranched alkanes of at least 4 members (excludes halogenated alkanes) is 11. The van der Waals surface area contributed by atoms with Crippen molar-refractivity contribution in [1.29, 1.82) is 0 Å². The number of aliphatic carboxylic acids is 1. The van der Waals surface area contributed by atoms with Gasteiger partial charge in [0.15, 0.2) is 0 Å². The molecule has 1 rings (SSSR count). The summed E-state index contributed by atoms with van der Waals surface area (Å²) in [5.41, 5.74) is 0. The first-order valence-corrected chi connectivity index (χ1v) is 11.2. The lowest BCUT2D eigenvalue weighted by molar-refractivity contribution is -0.915. The van der Waals surface area contributed by atoms with E-state index < -0.39 is 17.9 Å². The molecule has 0 aliphatic carbocycles. The number of aliphatic hydroxyl groups is 1. The SMILES string of the molecule is CCCCCCCCCCCCCC[C@@]1(O)C[N+](C)(C)C[C@@H](CC(=O)O)O1. The predicted molar refractivity (Wildman–Crippen MR) is 110 cm³/mol. The molecule has 0 saturated carbocycles. The first-order valence-electron chi connectivity index (χ1n) is 11.2. The predicted octanol–water partition coefficient (Wildman–Crippen LogP) is 4.72. The van der Waals surface area contributed by atoms with Crippen molar-refractivity contribution in [3.63, 3.8) is 0 Å². The van der Waals surface area contributed by atoms with Gasteiger partial charge in [-0.1, -0.05) is 77.6 Å². The molecule has 0 unspecified atom stereocenters. The van der Waals surface area contributed by atoms with Crippen LogP contribution < -0.4 is 0 Å². The fourth-order valence-electron chi connectivity index (χ4n) is 4.35. The highest BCUT2D eigenvalue weighted by Gasteiger charge is 2.45. The van der Waals surface area contributed by atoms with E-state index in [1.165, 1.54) is 64.2 Å². The minimum atomic E-state index is -1.18. The smallest absolute Gasteiger partial charge is 0.306 e. The number of nitrogens with zero attached hydrogens (tertiary/aromatic N) is 1. The highest BCUT2D eigenvalue weighted by molar-refractivity contribution is 5.67. The highest BCUT2D eigenvalue weighted by Crippen LogP contribution is 2.29. The van der Waals surface area contributed by atoms with E-state index in [0.717, 1.165) is 12.8 Å². The molecular weight excluding hydrogens is 342 g/mol. The maximum Gasteiger partial charge on any atom is 0.306 e. The average Bonchev–Trinajstić information content (AvgIpc) is 2.53. The Labute approximate surface area is 166 Å². The van der Waals surface area contributed by atoms with Gasteiger partial charge < -0.3 is 19.4 Å². The molecule has 2 N–H and O–H groups in total. The first kappa shape index (κ1) is 24.4. The van der Waals surface area contributed by atoms with Crippen molar-refractivity contribution in [2.45, 2.75) is 109 Å². The number of morpholine rings is 1. The van der Waals surface area contributed by atoms with Crippen LogP contribution in [0.2, 0.25) is 0 Å². The number of hydrogen-bond acceptors (Lipinski definition) is 3. The third-order valence-corrected chi connectivity index (χ3v) is 5.58. The van der Waals surface area contributed by atoms with Gasteiger partial charge in [-0.05, 0) is 6.42 Å². The van der Waals surface area contributed by atoms with Crippen molar-refractivity contribution in [3.05, 3.63) is 0 Å². The van der Waals surface area contributed by atoms with E-state index >= 15 is 0 Å². The Balaban J connectivity index is 2.11. The van der Waals surface area contributed by atoms with Crippen LogP contribution in [0.1, 0.15) is 96.8 Å². The second-order valence-electron chi connectivity index (χ2n) is 9.20. The molecule has 1 saturated heterocycles. The van der Waals surface area contributed by atoms with Crippen LogP contribution in [0.4, 0.5) is 0 Å². The summed E-state index contributed by atoms with van der Waals surface area (Å²) in [4.78, 5) is 11.0. The molecule has 0 spiro atoms. The monoisotopic (exact) mass is 386 g/mol. The summed E-state index contributed by atoms with van der Waals surface area (Å²) in [6.07, 6.45) is 15.6. The van der Waals surface area contributed by atoms with Gasteiger partial charge in [0.1, 0.15) is 19.2 Å². The molecular formula is C22H44NO4+. The number of quaternary nitrogens is 1. The number of rotatable bonds is 15. The average molecular weight is 387 g/mol. The quantitative estimate of drug-likeness (QED) is 0.316. The second-order valence-corrected chi connectivity index (χ2v) is 9.20. The van der Waals surface area contributed by atoms with E-state index in [2.05, 4.69) is 6.92 Å². The Morgan fingerprint density at radius 1 is 0.963 bits per heavy atom. The molecule has 0 radical (unpaired) electrons. The zero-order valence-electron chi connectivity index (χ0n) is 18.0. The molecule has 5 heteroatoms. The van der Waals surface area contributed by atoms with Crippen LogP contribution in [0, 0.1) is 0 Å². The summed E-state index contributed by atoms with van der Waals surface area (Å²) in [5.74, 6) is -2.05. The van der Waals surface area contributed by atoms with E-state index in [1.54, 1.807) is 0 Å². The van der Waals surface area contributed by atoms with Crippen molar-refractivity contribution in [3.8, 4) is 0 Å². The van der Waals surface area contributed by atoms with Gasteiger partial charge in [0, 0.05) is 6.42 Å². The van der Waals surface area contributed by atoms with Crippen LogP contribution in [0.15, 0.2) is 0 Å². The van der Waals surface area contributed by atoms with Crippen LogP contribution in [0.3, 0.4) is 0 Å². The fourth-order valence-corrected chi connectivity index (χ4v) is 4.35. The van der Waals surface area contributed by atoms with E-state index in [-0.39, 0.29) is 6.42 Å². The zero-order chi connectivity index (χ0) is 20.2. The fraction of sp³-hybridized carbons (Fsp3) is 0.955. The number of ether oxygens (including phenoxy) is 1. The van der Waals surface area contributed by atoms with Gasteiger partial charge in [-0.3, -0.25) is 4.79 Å². The number of likely N-dealkylation sites (N-methyl/N-ethyl adjacent to an activating group) is 1. The summed E-state index contributed by atoms with van der Waals surface area (Å²) in [6.45, 7) is 3.42. The maximum atomic E-state index is 11.0. The molecule has 0 amide bonds. The standard InChI is InChI=1S/C22H43NO4/c1-4-5-6-7-8-9-10-11-12-13-14-15-16-22(26)19-23(2,3)18-20(27-22)17-21(24)25/h20,26H,4-19H2,1-3H3/p+1/t20-,22+/m1/s1. The molecule has 27 heavy (non-hydrogen) atoms. The maximum absolute atomic E-state index is 11.0. The molecule has 160 valence electrons. The number of carbonyl (C=O) groups is 1. The number of carboxylic acid groups (broad SMARTS) is 1. The first-order chi connectivity index (χ1) is 12.8. The lowest BCUT2D eigenvalue weighted by Crippen LogP contribution is -2.62. The van der Waals surface area contributed by atoms with E-state index in [1.807, 2.05) is 14.1 Å². The van der Waals surface area contributed by atoms with Gasteiger partial charge in [-0.25, -0.2) is 0 Å². The van der Waals surface area contributed by atoms with Gasteiger partial charge in [0.25, 0.3) is 0 Å². The van der Waals surface area contributed by atoms with E-state index in [0.29, 0.717) is 24.0 Å². The lowest BCUT2D eigenvalue weighted by Gasteiger charge is -2.46. The van der Waals surface area contributed by atoms with Gasteiger partial charge in [0.05, 0.1) is 20.5 Å². The van der Waals surface area contributed by atoms with Crippen molar-refractivity contribution >= 4 is 5.97 Å². The van der Waals surface area contributed by atoms with Gasteiger partial charge >= 0.3 is 5.97 Å². The Hall–Kier alpha value is -0.650. The minimum Gasteiger partial charge on any atom is -0.481 e. The van der Waals surface area contributed by atoms with Crippen LogP contribution in [0.25, 0.3) is 0 Å². The molecule has 2 atom stereocenters. The third-order valence-electron chi connectivity index (χ3n) is 5.58. The van der Waals surface area contributed by atoms with Crippen molar-refractivity contribution in [2.75, 3.05) is 27.2 Å². The summed E-state index contributed by atoms with van der Waals surface area (Å²) in [6, 6.07) is 0. The summed E-state index contributed by atoms with van der Waals surface area (Å²) >= 11 is 0. The normalized spacial score (nSPS) is 24.8. The van der Waals surface area contributed by atoms with Crippen LogP contribution in [0.5, 0.6) is 0 Å². The Bertz CT molecular complexity index is 413. The lowest BCUT2D eigenvalue weighted by atomic mass is 10.0. The van der Waals surface area contributed by atoms with Crippen molar-refractivity contribution in [1.82, 2.24) is 0 Å². The second kappa shape index (κ2) is 12.7. The summed E-state index contributed by atoms with van der Waals surface area (Å²) in [7, 11) is 4.06. The molecule has 5 nitrogen and oxygen atoms in total. The van der Waals surface area contributed by atoms with E-state index in [9.17, 15) is 9.90 Å². The minimum absolute atomic E-state index is 0.0393. The van der Waals surface area contributed by atoms with Gasteiger partial charge in [0.2, 0.25) is 5.79 Å². The molecule has 1 aliphatic rings. The molecule has 0 bridgehead atoms. The third kappa shape index (κ3) is 11.7. The molecule has 0 aromatic rings. The van der Waals surface area contributed by atoms with E-state index in [4.69, 9.17) is 9.84 Å².